The van der Waals surface area contributed by atoms with Gasteiger partial charge in [0.15, 0.2) is 11.5 Å². The van der Waals surface area contributed by atoms with Crippen molar-refractivity contribution in [2.75, 3.05) is 13.2 Å². The van der Waals surface area contributed by atoms with Crippen LogP contribution in [0.3, 0.4) is 0 Å². The summed E-state index contributed by atoms with van der Waals surface area (Å²) in [6.07, 6.45) is -5.51. The molecule has 1 aliphatic rings. The molecule has 9 heteroatoms. The van der Waals surface area contributed by atoms with Gasteiger partial charge in [-0.05, 0) is 6.07 Å². The molecule has 0 saturated carbocycles. The molecule has 0 radical (unpaired) electrons. The van der Waals surface area contributed by atoms with Gasteiger partial charge >= 0.3 is 12.1 Å². The van der Waals surface area contributed by atoms with E-state index in [1.54, 1.807) is 0 Å². The van der Waals surface area contributed by atoms with Crippen LogP contribution in [0.4, 0.5) is 22.0 Å². The number of alkyl halides is 5. The van der Waals surface area contributed by atoms with Crippen LogP contribution in [0.1, 0.15) is 16.8 Å². The van der Waals surface area contributed by atoms with E-state index in [2.05, 4.69) is 0 Å². The second-order valence-corrected chi connectivity index (χ2v) is 4.64. The minimum absolute atomic E-state index is 0.0874. The van der Waals surface area contributed by atoms with Crippen LogP contribution in [0.5, 0.6) is 11.5 Å². The Labute approximate surface area is 120 Å². The van der Waals surface area contributed by atoms with Crippen molar-refractivity contribution >= 4 is 17.4 Å². The van der Waals surface area contributed by atoms with Gasteiger partial charge in [-0.15, -0.1) is 0 Å². The zero-order valence-electron chi connectivity index (χ0n) is 10.3. The van der Waals surface area contributed by atoms with Crippen molar-refractivity contribution in [3.05, 3.63) is 22.7 Å². The Kier molecular flexibility index (Phi) is 4.01. The first kappa shape index (κ1) is 15.8. The molecule has 2 rings (SSSR count). The Hall–Kier alpha value is -1.57. The Morgan fingerprint density at radius 1 is 1.05 bits per heavy atom. The molecule has 0 spiro atoms. The van der Waals surface area contributed by atoms with E-state index in [1.807, 2.05) is 0 Å². The van der Waals surface area contributed by atoms with E-state index in [0.29, 0.717) is 6.42 Å². The van der Waals surface area contributed by atoms with Gasteiger partial charge in [0.05, 0.1) is 18.2 Å². The van der Waals surface area contributed by atoms with Crippen molar-refractivity contribution in [2.24, 2.45) is 0 Å². The molecule has 0 unspecified atom stereocenters. The van der Waals surface area contributed by atoms with E-state index in [-0.39, 0.29) is 24.7 Å². The first-order valence-corrected chi connectivity index (χ1v) is 6.11. The van der Waals surface area contributed by atoms with Crippen molar-refractivity contribution < 1.29 is 36.2 Å². The number of fused-ring (bicyclic) bond motifs is 1. The third-order valence-electron chi connectivity index (χ3n) is 2.72. The molecule has 0 bridgehead atoms. The maximum Gasteiger partial charge on any atom is 0.461 e. The van der Waals surface area contributed by atoms with Crippen LogP contribution in [0.15, 0.2) is 12.1 Å². The summed E-state index contributed by atoms with van der Waals surface area (Å²) in [5.74, 6) is -7.98. The molecule has 0 N–H and O–H groups in total. The fraction of sp³-hybridized carbons (Fsp3) is 0.417. The van der Waals surface area contributed by atoms with Crippen LogP contribution < -0.4 is 9.47 Å². The standard InChI is InChI=1S/C12H8ClF5O3/c13-7-5-9-8(20-2-1-3-21-9)4-6(7)10(19)11(14,15)12(16,17)18/h4-5H,1-3H2. The van der Waals surface area contributed by atoms with Crippen LogP contribution in [0.25, 0.3) is 0 Å². The monoisotopic (exact) mass is 330 g/mol. The molecule has 0 aromatic heterocycles. The molecule has 0 fully saturated rings. The quantitative estimate of drug-likeness (QED) is 0.610. The third kappa shape index (κ3) is 2.90. The molecule has 1 heterocycles. The summed E-state index contributed by atoms with van der Waals surface area (Å²) in [6.45, 7) is 0.452. The van der Waals surface area contributed by atoms with Crippen LogP contribution in [-0.2, 0) is 0 Å². The maximum atomic E-state index is 13.1. The van der Waals surface area contributed by atoms with Crippen LogP contribution in [0, 0.1) is 0 Å². The fourth-order valence-electron chi connectivity index (χ4n) is 1.66. The molecule has 1 aliphatic heterocycles. The Morgan fingerprint density at radius 2 is 1.57 bits per heavy atom. The minimum Gasteiger partial charge on any atom is -0.490 e. The minimum atomic E-state index is -6.00. The summed E-state index contributed by atoms with van der Waals surface area (Å²) in [6, 6.07) is 1.73. The first-order chi connectivity index (χ1) is 9.64. The van der Waals surface area contributed by atoms with Crippen molar-refractivity contribution in [2.45, 2.75) is 18.5 Å². The number of hydrogen-bond donors (Lipinski definition) is 0. The lowest BCUT2D eigenvalue weighted by Gasteiger charge is -2.19. The van der Waals surface area contributed by atoms with Gasteiger partial charge in [0.25, 0.3) is 0 Å². The van der Waals surface area contributed by atoms with Gasteiger partial charge in [-0.2, -0.15) is 22.0 Å². The van der Waals surface area contributed by atoms with Gasteiger partial charge in [0, 0.05) is 18.1 Å². The molecule has 21 heavy (non-hydrogen) atoms. The van der Waals surface area contributed by atoms with Crippen molar-refractivity contribution in [3.63, 3.8) is 0 Å². The average Bonchev–Trinajstić information content (AvgIpc) is 2.60. The Balaban J connectivity index is 2.45. The van der Waals surface area contributed by atoms with Crippen LogP contribution in [-0.4, -0.2) is 31.1 Å². The zero-order valence-corrected chi connectivity index (χ0v) is 11.0. The number of halogens is 6. The highest BCUT2D eigenvalue weighted by Gasteiger charge is 2.63. The lowest BCUT2D eigenvalue weighted by molar-refractivity contribution is -0.255. The first-order valence-electron chi connectivity index (χ1n) is 5.73. The molecule has 0 aliphatic carbocycles. The highest BCUT2D eigenvalue weighted by Crippen LogP contribution is 2.42. The molecule has 3 nitrogen and oxygen atoms in total. The van der Waals surface area contributed by atoms with Crippen LogP contribution in [0.2, 0.25) is 5.02 Å². The number of benzene rings is 1. The van der Waals surface area contributed by atoms with Gasteiger partial charge in [0.1, 0.15) is 0 Å². The number of carbonyl (C=O) groups is 1. The largest absolute Gasteiger partial charge is 0.490 e. The fourth-order valence-corrected chi connectivity index (χ4v) is 1.90. The molecular weight excluding hydrogens is 323 g/mol. The summed E-state index contributed by atoms with van der Waals surface area (Å²) in [7, 11) is 0. The van der Waals surface area contributed by atoms with E-state index in [9.17, 15) is 26.7 Å². The molecule has 116 valence electrons. The van der Waals surface area contributed by atoms with E-state index in [1.165, 1.54) is 0 Å². The van der Waals surface area contributed by atoms with Gasteiger partial charge < -0.3 is 9.47 Å². The lowest BCUT2D eigenvalue weighted by atomic mass is 10.0. The molecule has 0 atom stereocenters. The third-order valence-corrected chi connectivity index (χ3v) is 3.04. The van der Waals surface area contributed by atoms with Gasteiger partial charge in [-0.25, -0.2) is 0 Å². The Bertz CT molecular complexity index is 571. The number of rotatable bonds is 2. The number of carbonyl (C=O) groups excluding carboxylic acids is 1. The number of Topliss-reactive ketones (excluding diaryl/α,β-unsaturated/α-hetero) is 1. The lowest BCUT2D eigenvalue weighted by Crippen LogP contribution is -2.44. The van der Waals surface area contributed by atoms with Crippen molar-refractivity contribution in [1.82, 2.24) is 0 Å². The summed E-state index contributed by atoms with van der Waals surface area (Å²) in [5, 5.41) is -0.562. The van der Waals surface area contributed by atoms with Gasteiger partial charge in [-0.3, -0.25) is 4.79 Å². The highest BCUT2D eigenvalue weighted by atomic mass is 35.5. The summed E-state index contributed by atoms with van der Waals surface area (Å²) in [4.78, 5) is 11.5. The topological polar surface area (TPSA) is 35.5 Å². The van der Waals surface area contributed by atoms with Crippen LogP contribution >= 0.6 is 11.6 Å². The summed E-state index contributed by atoms with van der Waals surface area (Å²) >= 11 is 5.61. The normalized spacial score (nSPS) is 15.5. The zero-order chi connectivity index (χ0) is 15.8. The van der Waals surface area contributed by atoms with Gasteiger partial charge in [0.2, 0.25) is 5.78 Å². The van der Waals surface area contributed by atoms with Crippen molar-refractivity contribution in [1.29, 1.82) is 0 Å². The Morgan fingerprint density at radius 3 is 2.10 bits per heavy atom. The SMILES string of the molecule is O=C(c1cc2c(cc1Cl)OCCCO2)C(F)(F)C(F)(F)F. The number of hydrogen-bond acceptors (Lipinski definition) is 3. The molecule has 0 saturated heterocycles. The van der Waals surface area contributed by atoms with E-state index < -0.39 is 28.5 Å². The second-order valence-electron chi connectivity index (χ2n) is 4.23. The second kappa shape index (κ2) is 5.32. The summed E-state index contributed by atoms with van der Waals surface area (Å²) in [5.41, 5.74) is -0.969. The smallest absolute Gasteiger partial charge is 0.461 e. The van der Waals surface area contributed by atoms with E-state index >= 15 is 0 Å². The summed E-state index contributed by atoms with van der Waals surface area (Å²) < 4.78 is 73.2. The molecular formula is C12H8ClF5O3. The van der Waals surface area contributed by atoms with Crippen molar-refractivity contribution in [3.8, 4) is 11.5 Å². The molecule has 1 aromatic carbocycles. The van der Waals surface area contributed by atoms with E-state index in [0.717, 1.165) is 12.1 Å². The highest BCUT2D eigenvalue weighted by molar-refractivity contribution is 6.34. The number of ketones is 1. The molecule has 1 aromatic rings. The predicted molar refractivity (Wildman–Crippen MR) is 62.4 cm³/mol. The molecule has 0 amide bonds. The van der Waals surface area contributed by atoms with Gasteiger partial charge in [-0.1, -0.05) is 11.6 Å². The van der Waals surface area contributed by atoms with E-state index in [4.69, 9.17) is 21.1 Å². The predicted octanol–water partition coefficient (Wildman–Crippen LogP) is 3.88. The number of ether oxygens (including phenoxy) is 2. The maximum absolute atomic E-state index is 13.1. The average molecular weight is 331 g/mol.